The highest BCUT2D eigenvalue weighted by Crippen LogP contribution is 2.10. The van der Waals surface area contributed by atoms with Crippen molar-refractivity contribution < 1.29 is 14.7 Å². The molecule has 0 radical (unpaired) electrons. The van der Waals surface area contributed by atoms with E-state index >= 15 is 0 Å². The van der Waals surface area contributed by atoms with Crippen LogP contribution in [0.1, 0.15) is 49.9 Å². The molecule has 5 nitrogen and oxygen atoms in total. The van der Waals surface area contributed by atoms with Gasteiger partial charge in [-0.2, -0.15) is 0 Å². The summed E-state index contributed by atoms with van der Waals surface area (Å²) in [6.45, 7) is 4.10. The van der Waals surface area contributed by atoms with Crippen LogP contribution in [-0.2, 0) is 0 Å². The average Bonchev–Trinajstić information content (AvgIpc) is 2.39. The second-order valence-electron chi connectivity index (χ2n) is 4.88. The number of unbranched alkanes of at least 4 members (excludes halogenated alkanes) is 2. The third-order valence-corrected chi connectivity index (χ3v) is 2.99. The Morgan fingerprint density at radius 1 is 1.30 bits per heavy atom. The smallest absolute Gasteiger partial charge is 0.335 e. The zero-order valence-electron chi connectivity index (χ0n) is 12.0. The van der Waals surface area contributed by atoms with Gasteiger partial charge in [0.2, 0.25) is 0 Å². The highest BCUT2D eigenvalue weighted by atomic mass is 16.4. The maximum atomic E-state index is 11.8. The minimum absolute atomic E-state index is 0.101. The van der Waals surface area contributed by atoms with Crippen LogP contribution >= 0.6 is 0 Å². The lowest BCUT2D eigenvalue weighted by Crippen LogP contribution is -2.36. The number of carbonyl (C=O) groups is 2. The molecule has 0 fully saturated rings. The molecule has 0 aliphatic heterocycles. The van der Waals surface area contributed by atoms with E-state index in [4.69, 9.17) is 5.11 Å². The molecule has 0 heterocycles. The number of anilines is 1. The molecule has 1 aromatic rings. The maximum Gasteiger partial charge on any atom is 0.335 e. The fourth-order valence-corrected chi connectivity index (χ4v) is 1.89. The van der Waals surface area contributed by atoms with Gasteiger partial charge in [0.1, 0.15) is 0 Å². The monoisotopic (exact) mass is 278 g/mol. The van der Waals surface area contributed by atoms with Gasteiger partial charge in [0, 0.05) is 11.7 Å². The van der Waals surface area contributed by atoms with Gasteiger partial charge in [-0.3, -0.25) is 0 Å². The van der Waals surface area contributed by atoms with Gasteiger partial charge in [0.15, 0.2) is 0 Å². The number of urea groups is 1. The van der Waals surface area contributed by atoms with Gasteiger partial charge in [-0.05, 0) is 31.5 Å². The minimum Gasteiger partial charge on any atom is -0.478 e. The highest BCUT2D eigenvalue weighted by Gasteiger charge is 2.08. The summed E-state index contributed by atoms with van der Waals surface area (Å²) < 4.78 is 0. The van der Waals surface area contributed by atoms with Crippen molar-refractivity contribution >= 4 is 17.7 Å². The molecule has 1 aromatic carbocycles. The topological polar surface area (TPSA) is 78.4 Å². The van der Waals surface area contributed by atoms with Crippen molar-refractivity contribution in [1.82, 2.24) is 5.32 Å². The number of nitrogens with one attached hydrogen (secondary N) is 2. The lowest BCUT2D eigenvalue weighted by Gasteiger charge is -2.14. The van der Waals surface area contributed by atoms with Crippen molar-refractivity contribution in [2.24, 2.45) is 0 Å². The van der Waals surface area contributed by atoms with Gasteiger partial charge >= 0.3 is 12.0 Å². The molecule has 0 aliphatic rings. The molecule has 20 heavy (non-hydrogen) atoms. The summed E-state index contributed by atoms with van der Waals surface area (Å²) in [5, 5.41) is 14.4. The van der Waals surface area contributed by atoms with Crippen LogP contribution in [0.4, 0.5) is 10.5 Å². The van der Waals surface area contributed by atoms with Crippen LogP contribution in [0.25, 0.3) is 0 Å². The Morgan fingerprint density at radius 2 is 2.05 bits per heavy atom. The first kappa shape index (κ1) is 16.0. The van der Waals surface area contributed by atoms with Crippen LogP contribution < -0.4 is 10.6 Å². The van der Waals surface area contributed by atoms with Crippen molar-refractivity contribution in [2.75, 3.05) is 5.32 Å². The molecule has 0 aliphatic carbocycles. The minimum atomic E-state index is -1.01. The SMILES string of the molecule is CCCCCC(C)NC(=O)Nc1cccc(C(=O)O)c1. The zero-order chi connectivity index (χ0) is 15.0. The highest BCUT2D eigenvalue weighted by molar-refractivity contribution is 5.93. The second kappa shape index (κ2) is 8.19. The number of amides is 2. The van der Waals surface area contributed by atoms with E-state index < -0.39 is 5.97 Å². The number of rotatable bonds is 7. The quantitative estimate of drug-likeness (QED) is 0.668. The van der Waals surface area contributed by atoms with Crippen molar-refractivity contribution in [2.45, 2.75) is 45.6 Å². The van der Waals surface area contributed by atoms with E-state index in [-0.39, 0.29) is 17.6 Å². The Hall–Kier alpha value is -2.04. The van der Waals surface area contributed by atoms with Crippen molar-refractivity contribution in [3.63, 3.8) is 0 Å². The molecule has 2 amide bonds. The lowest BCUT2D eigenvalue weighted by atomic mass is 10.1. The molecule has 0 saturated carbocycles. The van der Waals surface area contributed by atoms with Crippen LogP contribution in [0.3, 0.4) is 0 Å². The molecular weight excluding hydrogens is 256 g/mol. The predicted octanol–water partition coefficient (Wildman–Crippen LogP) is 3.48. The Bertz CT molecular complexity index is 460. The van der Waals surface area contributed by atoms with Gasteiger partial charge in [-0.25, -0.2) is 9.59 Å². The van der Waals surface area contributed by atoms with E-state index in [0.29, 0.717) is 5.69 Å². The summed E-state index contributed by atoms with van der Waals surface area (Å²) in [5.41, 5.74) is 0.627. The molecule has 0 spiro atoms. The van der Waals surface area contributed by atoms with E-state index in [9.17, 15) is 9.59 Å². The summed E-state index contributed by atoms with van der Waals surface area (Å²) in [5.74, 6) is -1.01. The van der Waals surface area contributed by atoms with Gasteiger partial charge in [0.05, 0.1) is 5.56 Å². The van der Waals surface area contributed by atoms with Crippen LogP contribution in [-0.4, -0.2) is 23.1 Å². The Balaban J connectivity index is 2.45. The number of hydrogen-bond acceptors (Lipinski definition) is 2. The van der Waals surface area contributed by atoms with Gasteiger partial charge in [-0.15, -0.1) is 0 Å². The fourth-order valence-electron chi connectivity index (χ4n) is 1.89. The Morgan fingerprint density at radius 3 is 2.70 bits per heavy atom. The summed E-state index contributed by atoms with van der Waals surface area (Å²) >= 11 is 0. The number of carboxylic acids is 1. The summed E-state index contributed by atoms with van der Waals surface area (Å²) in [7, 11) is 0. The fraction of sp³-hybridized carbons (Fsp3) is 0.467. The summed E-state index contributed by atoms with van der Waals surface area (Å²) in [6.07, 6.45) is 4.35. The Labute approximate surface area is 119 Å². The van der Waals surface area contributed by atoms with Crippen LogP contribution in [0.5, 0.6) is 0 Å². The first-order valence-electron chi connectivity index (χ1n) is 6.93. The largest absolute Gasteiger partial charge is 0.478 e. The molecular formula is C15H22N2O3. The molecule has 1 rings (SSSR count). The normalized spacial score (nSPS) is 11.7. The molecule has 0 aromatic heterocycles. The summed E-state index contributed by atoms with van der Waals surface area (Å²) in [6, 6.07) is 5.97. The lowest BCUT2D eigenvalue weighted by molar-refractivity contribution is 0.0697. The number of carbonyl (C=O) groups excluding carboxylic acids is 1. The first-order chi connectivity index (χ1) is 9.52. The zero-order valence-corrected chi connectivity index (χ0v) is 12.0. The van der Waals surface area contributed by atoms with E-state index in [0.717, 1.165) is 25.7 Å². The summed E-state index contributed by atoms with van der Waals surface area (Å²) in [4.78, 5) is 22.6. The first-order valence-corrected chi connectivity index (χ1v) is 6.93. The number of hydrogen-bond donors (Lipinski definition) is 3. The third-order valence-electron chi connectivity index (χ3n) is 2.99. The molecule has 110 valence electrons. The average molecular weight is 278 g/mol. The Kier molecular flexibility index (Phi) is 6.56. The number of aromatic carboxylic acids is 1. The number of benzene rings is 1. The van der Waals surface area contributed by atoms with Crippen LogP contribution in [0, 0.1) is 0 Å². The van der Waals surface area contributed by atoms with Crippen molar-refractivity contribution in [1.29, 1.82) is 0 Å². The van der Waals surface area contributed by atoms with Gasteiger partial charge < -0.3 is 15.7 Å². The third kappa shape index (κ3) is 5.73. The standard InChI is InChI=1S/C15H22N2O3/c1-3-4-5-7-11(2)16-15(20)17-13-9-6-8-12(10-13)14(18)19/h6,8-11H,3-5,7H2,1-2H3,(H,18,19)(H2,16,17,20). The van der Waals surface area contributed by atoms with Gasteiger partial charge in [-0.1, -0.05) is 32.3 Å². The molecule has 0 saturated heterocycles. The van der Waals surface area contributed by atoms with Crippen molar-refractivity contribution in [3.8, 4) is 0 Å². The maximum absolute atomic E-state index is 11.8. The number of carboxylic acid groups (broad SMARTS) is 1. The van der Waals surface area contributed by atoms with E-state index in [1.165, 1.54) is 12.1 Å². The molecule has 1 atom stereocenters. The van der Waals surface area contributed by atoms with Gasteiger partial charge in [0.25, 0.3) is 0 Å². The molecule has 1 unspecified atom stereocenters. The molecule has 5 heteroatoms. The van der Waals surface area contributed by atoms with E-state index in [2.05, 4.69) is 17.6 Å². The van der Waals surface area contributed by atoms with Crippen LogP contribution in [0.2, 0.25) is 0 Å². The van der Waals surface area contributed by atoms with E-state index in [1.807, 2.05) is 6.92 Å². The van der Waals surface area contributed by atoms with Crippen molar-refractivity contribution in [3.05, 3.63) is 29.8 Å². The molecule has 0 bridgehead atoms. The second-order valence-corrected chi connectivity index (χ2v) is 4.88. The van der Waals surface area contributed by atoms with Crippen LogP contribution in [0.15, 0.2) is 24.3 Å². The predicted molar refractivity (Wildman–Crippen MR) is 79.2 cm³/mol. The van der Waals surface area contributed by atoms with E-state index in [1.54, 1.807) is 12.1 Å². The molecule has 3 N–H and O–H groups in total.